The zero-order chi connectivity index (χ0) is 25.4. The number of carbonyl (C=O) groups is 1. The second-order valence-electron chi connectivity index (χ2n) is 10.2. The smallest absolute Gasteiger partial charge is 0.407 e. The number of rotatable bonds is 5. The summed E-state index contributed by atoms with van der Waals surface area (Å²) in [5.74, 6) is 0.338. The Morgan fingerprint density at radius 2 is 1.89 bits per heavy atom. The highest BCUT2D eigenvalue weighted by molar-refractivity contribution is 5.92. The van der Waals surface area contributed by atoms with Crippen molar-refractivity contribution in [2.45, 2.75) is 45.9 Å². The molecule has 7 nitrogen and oxygen atoms in total. The van der Waals surface area contributed by atoms with Crippen molar-refractivity contribution in [1.29, 1.82) is 0 Å². The first kappa shape index (κ1) is 23.8. The lowest BCUT2D eigenvalue weighted by Gasteiger charge is -2.37. The molecule has 2 unspecified atom stereocenters. The monoisotopic (exact) mass is 488 g/mol. The Morgan fingerprint density at radius 3 is 2.58 bits per heavy atom. The molecule has 1 aliphatic heterocycles. The topological polar surface area (TPSA) is 80.5 Å². The van der Waals surface area contributed by atoms with Crippen LogP contribution in [0, 0.1) is 11.2 Å². The predicted molar refractivity (Wildman–Crippen MR) is 135 cm³/mol. The molecule has 186 valence electrons. The normalized spacial score (nSPS) is 18.1. The van der Waals surface area contributed by atoms with Crippen molar-refractivity contribution in [2.75, 3.05) is 6.54 Å². The van der Waals surface area contributed by atoms with Gasteiger partial charge in [-0.25, -0.2) is 9.18 Å². The fourth-order valence-corrected chi connectivity index (χ4v) is 5.23. The molecule has 0 spiro atoms. The van der Waals surface area contributed by atoms with E-state index in [1.165, 1.54) is 6.07 Å². The molecule has 4 aromatic rings. The summed E-state index contributed by atoms with van der Waals surface area (Å²) in [4.78, 5) is 17.8. The minimum atomic E-state index is -0.901. The van der Waals surface area contributed by atoms with E-state index in [-0.39, 0.29) is 29.9 Å². The van der Waals surface area contributed by atoms with Gasteiger partial charge in [-0.3, -0.25) is 9.67 Å². The third kappa shape index (κ3) is 4.39. The van der Waals surface area contributed by atoms with Crippen LogP contribution >= 0.6 is 0 Å². The lowest BCUT2D eigenvalue weighted by atomic mass is 9.82. The SMILES string of the molecule is CC(C)(C)C1C(n2nc(-c3ccc(OCc4ccccc4F)cc3)c3cnccc32)CCN1C(=O)O. The zero-order valence-corrected chi connectivity index (χ0v) is 20.6. The average molecular weight is 489 g/mol. The Labute approximate surface area is 209 Å². The van der Waals surface area contributed by atoms with Crippen molar-refractivity contribution in [1.82, 2.24) is 19.7 Å². The molecule has 2 aromatic heterocycles. The molecular formula is C28H29FN4O3. The molecule has 8 heteroatoms. The van der Waals surface area contributed by atoms with Gasteiger partial charge in [0.1, 0.15) is 23.9 Å². The van der Waals surface area contributed by atoms with Crippen molar-refractivity contribution in [3.63, 3.8) is 0 Å². The lowest BCUT2D eigenvalue weighted by Crippen LogP contribution is -2.46. The number of hydrogen-bond acceptors (Lipinski definition) is 4. The van der Waals surface area contributed by atoms with Crippen molar-refractivity contribution in [3.8, 4) is 17.0 Å². The number of fused-ring (bicyclic) bond motifs is 1. The molecule has 36 heavy (non-hydrogen) atoms. The van der Waals surface area contributed by atoms with E-state index >= 15 is 0 Å². The van der Waals surface area contributed by atoms with Crippen molar-refractivity contribution >= 4 is 17.0 Å². The number of ether oxygens (including phenoxy) is 1. The maximum Gasteiger partial charge on any atom is 0.407 e. The minimum Gasteiger partial charge on any atom is -0.489 e. The molecule has 1 fully saturated rings. The number of amides is 1. The van der Waals surface area contributed by atoms with Gasteiger partial charge in [-0.05, 0) is 48.2 Å². The van der Waals surface area contributed by atoms with E-state index in [9.17, 15) is 14.3 Å². The minimum absolute atomic E-state index is 0.0943. The molecule has 0 saturated carbocycles. The molecular weight excluding hydrogens is 459 g/mol. The Morgan fingerprint density at radius 1 is 1.14 bits per heavy atom. The summed E-state index contributed by atoms with van der Waals surface area (Å²) in [6.07, 6.45) is 3.32. The van der Waals surface area contributed by atoms with Crippen LogP contribution in [0.4, 0.5) is 9.18 Å². The molecule has 0 radical (unpaired) electrons. The molecule has 0 bridgehead atoms. The first-order valence-corrected chi connectivity index (χ1v) is 12.0. The number of carboxylic acid groups (broad SMARTS) is 1. The molecule has 2 atom stereocenters. The van der Waals surface area contributed by atoms with Crippen LogP contribution < -0.4 is 4.74 Å². The van der Waals surface area contributed by atoms with Gasteiger partial charge in [-0.1, -0.05) is 39.0 Å². The van der Waals surface area contributed by atoms with Gasteiger partial charge >= 0.3 is 6.09 Å². The Balaban J connectivity index is 1.46. The van der Waals surface area contributed by atoms with Gasteiger partial charge in [-0.15, -0.1) is 0 Å². The van der Waals surface area contributed by atoms with Crippen LogP contribution in [0.2, 0.25) is 0 Å². The average Bonchev–Trinajstić information content (AvgIpc) is 3.46. The first-order chi connectivity index (χ1) is 17.2. The molecule has 0 aliphatic carbocycles. The maximum absolute atomic E-state index is 13.9. The van der Waals surface area contributed by atoms with Gasteiger partial charge < -0.3 is 14.7 Å². The summed E-state index contributed by atoms with van der Waals surface area (Å²) in [6.45, 7) is 6.82. The highest BCUT2D eigenvalue weighted by Gasteiger charge is 2.45. The van der Waals surface area contributed by atoms with Crippen molar-refractivity contribution < 1.29 is 19.0 Å². The summed E-state index contributed by atoms with van der Waals surface area (Å²) in [5.41, 5.74) is 2.83. The molecule has 3 heterocycles. The van der Waals surface area contributed by atoms with E-state index in [4.69, 9.17) is 9.84 Å². The van der Waals surface area contributed by atoms with Crippen LogP contribution in [0.5, 0.6) is 5.75 Å². The van der Waals surface area contributed by atoms with E-state index < -0.39 is 6.09 Å². The number of aromatic nitrogens is 3. The predicted octanol–water partition coefficient (Wildman–Crippen LogP) is 6.16. The molecule has 5 rings (SSSR count). The van der Waals surface area contributed by atoms with Gasteiger partial charge in [0.05, 0.1) is 17.6 Å². The number of hydrogen-bond donors (Lipinski definition) is 1. The maximum atomic E-state index is 13.9. The van der Waals surface area contributed by atoms with Gasteiger partial charge in [0.2, 0.25) is 0 Å². The van der Waals surface area contributed by atoms with Crippen LogP contribution in [0.1, 0.15) is 38.8 Å². The fraction of sp³-hybridized carbons (Fsp3) is 0.321. The largest absolute Gasteiger partial charge is 0.489 e. The summed E-state index contributed by atoms with van der Waals surface area (Å²) in [5, 5.41) is 15.7. The Hall–Kier alpha value is -3.94. The van der Waals surface area contributed by atoms with E-state index in [0.29, 0.717) is 24.3 Å². The summed E-state index contributed by atoms with van der Waals surface area (Å²) in [7, 11) is 0. The number of nitrogens with zero attached hydrogens (tertiary/aromatic N) is 4. The number of pyridine rings is 1. The van der Waals surface area contributed by atoms with E-state index in [0.717, 1.165) is 22.2 Å². The number of likely N-dealkylation sites (tertiary alicyclic amines) is 1. The van der Waals surface area contributed by atoms with Gasteiger partial charge in [0, 0.05) is 35.5 Å². The van der Waals surface area contributed by atoms with Crippen LogP contribution in [-0.2, 0) is 6.61 Å². The van der Waals surface area contributed by atoms with Gasteiger partial charge in [0.25, 0.3) is 0 Å². The summed E-state index contributed by atoms with van der Waals surface area (Å²) in [6, 6.07) is 15.7. The highest BCUT2D eigenvalue weighted by Crippen LogP contribution is 2.42. The lowest BCUT2D eigenvalue weighted by molar-refractivity contribution is 0.0914. The molecule has 1 N–H and O–H groups in total. The molecule has 2 aromatic carbocycles. The van der Waals surface area contributed by atoms with Gasteiger partial charge in [0.15, 0.2) is 0 Å². The van der Waals surface area contributed by atoms with Crippen molar-refractivity contribution in [3.05, 3.63) is 78.4 Å². The van der Waals surface area contributed by atoms with E-state index in [1.54, 1.807) is 35.5 Å². The second-order valence-corrected chi connectivity index (χ2v) is 10.2. The van der Waals surface area contributed by atoms with E-state index in [2.05, 4.69) is 25.8 Å². The number of halogens is 1. The third-order valence-electron chi connectivity index (χ3n) is 6.80. The molecule has 1 saturated heterocycles. The van der Waals surface area contributed by atoms with Crippen LogP contribution in [0.3, 0.4) is 0 Å². The number of benzene rings is 2. The highest BCUT2D eigenvalue weighted by atomic mass is 19.1. The first-order valence-electron chi connectivity index (χ1n) is 12.0. The van der Waals surface area contributed by atoms with Crippen LogP contribution in [0.25, 0.3) is 22.2 Å². The van der Waals surface area contributed by atoms with E-state index in [1.807, 2.05) is 35.0 Å². The van der Waals surface area contributed by atoms with Crippen LogP contribution in [-0.4, -0.2) is 43.5 Å². The quantitative estimate of drug-likeness (QED) is 0.364. The van der Waals surface area contributed by atoms with Gasteiger partial charge in [-0.2, -0.15) is 5.10 Å². The fourth-order valence-electron chi connectivity index (χ4n) is 5.23. The standard InChI is InChI=1S/C28H29FN4O3/c1-28(2,3)26-24(13-15-32(26)27(34)35)33-23-12-14-30-16-21(23)25(31-33)18-8-10-20(11-9-18)36-17-19-6-4-5-7-22(19)29/h4-12,14,16,24,26H,13,15,17H2,1-3H3,(H,34,35). The second kappa shape index (κ2) is 9.26. The Kier molecular flexibility index (Phi) is 6.12. The van der Waals surface area contributed by atoms with Crippen molar-refractivity contribution in [2.24, 2.45) is 5.41 Å². The molecule has 1 amide bonds. The summed E-state index contributed by atoms with van der Waals surface area (Å²) >= 11 is 0. The summed E-state index contributed by atoms with van der Waals surface area (Å²) < 4.78 is 21.7. The zero-order valence-electron chi connectivity index (χ0n) is 20.6. The Bertz CT molecular complexity index is 1390. The van der Waals surface area contributed by atoms with Crippen LogP contribution in [0.15, 0.2) is 67.0 Å². The third-order valence-corrected chi connectivity index (χ3v) is 6.80. The molecule has 1 aliphatic rings.